The van der Waals surface area contributed by atoms with E-state index in [1.54, 1.807) is 36.4 Å². The molecule has 0 bridgehead atoms. The fraction of sp³-hybridized carbons (Fsp3) is 0.270. The van der Waals surface area contributed by atoms with Crippen LogP contribution in [0.15, 0.2) is 76.1 Å². The first-order valence-electron chi connectivity index (χ1n) is 17.3. The van der Waals surface area contributed by atoms with Crippen LogP contribution in [-0.4, -0.2) is 99.8 Å². The minimum atomic E-state index is -1.03. The number of imide groups is 2. The number of pyridine rings is 1. The number of carbonyl (C=O) groups excluding carboxylic acids is 5. The van der Waals surface area contributed by atoms with Crippen LogP contribution in [-0.2, 0) is 26.1 Å². The van der Waals surface area contributed by atoms with E-state index in [2.05, 4.69) is 31.0 Å². The summed E-state index contributed by atoms with van der Waals surface area (Å²) in [7, 11) is 1.53. The van der Waals surface area contributed by atoms with Gasteiger partial charge in [-0.2, -0.15) is 5.10 Å². The van der Waals surface area contributed by atoms with Gasteiger partial charge in [-0.15, -0.1) is 0 Å². The summed E-state index contributed by atoms with van der Waals surface area (Å²) in [5.41, 5.74) is 2.62. The number of benzene rings is 2. The summed E-state index contributed by atoms with van der Waals surface area (Å²) in [6.45, 7) is 1.77. The lowest BCUT2D eigenvalue weighted by molar-refractivity contribution is -0.136. The first-order chi connectivity index (χ1) is 26.7. The van der Waals surface area contributed by atoms with Crippen molar-refractivity contribution in [3.8, 4) is 17.3 Å². The SMILES string of the molecule is Cn1nc(-c2nc3cc(NC(=O)c4ccc(OCCOCCOCCNc5cccc6c5C(=O)N(C5CCC(=O)NC5=O)C6=O)cn4)ccc3o2)ccc1=O. The molecule has 0 saturated carbocycles. The number of ether oxygens (including phenoxy) is 3. The first kappa shape index (κ1) is 36.6. The smallest absolute Gasteiger partial charge is 0.274 e. The molecule has 1 unspecified atom stereocenters. The molecule has 3 aromatic heterocycles. The van der Waals surface area contributed by atoms with Crippen molar-refractivity contribution in [2.75, 3.05) is 50.2 Å². The number of anilines is 2. The van der Waals surface area contributed by atoms with Crippen molar-refractivity contribution >= 4 is 52.0 Å². The lowest BCUT2D eigenvalue weighted by Crippen LogP contribution is -2.54. The normalized spacial score (nSPS) is 15.3. The zero-order valence-corrected chi connectivity index (χ0v) is 29.4. The lowest BCUT2D eigenvalue weighted by Gasteiger charge is -2.27. The molecule has 3 N–H and O–H groups in total. The maximum Gasteiger partial charge on any atom is 0.274 e. The quantitative estimate of drug-likeness (QED) is 0.103. The summed E-state index contributed by atoms with van der Waals surface area (Å²) in [6.07, 6.45) is 1.57. The molecule has 55 heavy (non-hydrogen) atoms. The molecule has 5 aromatic rings. The zero-order valence-electron chi connectivity index (χ0n) is 29.4. The fourth-order valence-electron chi connectivity index (χ4n) is 5.99. The Morgan fingerprint density at radius 3 is 2.55 bits per heavy atom. The standard InChI is InChI=1S/C37H34N8O10/c1-44-31(47)12-8-26(43-44)35-41-27-19-21(5-10-29(27)55-35)40-33(48)25-7-6-22(20-39-25)54-18-17-53-16-15-52-14-13-38-24-4-2-3-23-32(24)37(51)45(36(23)50)28-9-11-30(46)42-34(28)49/h2-8,10,12,19-20,28,38H,9,11,13-18H2,1H3,(H,40,48)(H,42,46,49). The van der Waals surface area contributed by atoms with Gasteiger partial charge in [0, 0.05) is 37.5 Å². The van der Waals surface area contributed by atoms with Gasteiger partial charge in [0.25, 0.3) is 23.3 Å². The summed E-state index contributed by atoms with van der Waals surface area (Å²) in [5.74, 6) is -1.98. The van der Waals surface area contributed by atoms with E-state index in [4.69, 9.17) is 18.6 Å². The summed E-state index contributed by atoms with van der Waals surface area (Å²) in [5, 5.41) is 12.2. The summed E-state index contributed by atoms with van der Waals surface area (Å²) in [6, 6.07) is 14.9. The van der Waals surface area contributed by atoms with Gasteiger partial charge in [0.05, 0.1) is 43.8 Å². The van der Waals surface area contributed by atoms with Gasteiger partial charge in [-0.1, -0.05) is 6.07 Å². The number of hydrogen-bond donors (Lipinski definition) is 3. The molecule has 7 rings (SSSR count). The lowest BCUT2D eigenvalue weighted by atomic mass is 10.0. The van der Waals surface area contributed by atoms with Crippen LogP contribution >= 0.6 is 0 Å². The van der Waals surface area contributed by atoms with E-state index in [-0.39, 0.29) is 54.3 Å². The molecule has 0 spiro atoms. The van der Waals surface area contributed by atoms with Crippen LogP contribution in [0.5, 0.6) is 5.75 Å². The van der Waals surface area contributed by atoms with Crippen LogP contribution in [0, 0.1) is 0 Å². The molecule has 5 amide bonds. The van der Waals surface area contributed by atoms with Gasteiger partial charge in [-0.05, 0) is 55.0 Å². The van der Waals surface area contributed by atoms with Gasteiger partial charge in [-0.25, -0.2) is 14.6 Å². The average molecular weight is 751 g/mol. The molecule has 2 aliphatic rings. The number of piperidine rings is 1. The van der Waals surface area contributed by atoms with E-state index in [0.29, 0.717) is 60.3 Å². The highest BCUT2D eigenvalue weighted by Crippen LogP contribution is 2.32. The molecule has 1 atom stereocenters. The van der Waals surface area contributed by atoms with E-state index < -0.39 is 35.6 Å². The van der Waals surface area contributed by atoms with Gasteiger partial charge in [0.2, 0.25) is 17.7 Å². The van der Waals surface area contributed by atoms with Crippen molar-refractivity contribution in [2.45, 2.75) is 18.9 Å². The Morgan fingerprint density at radius 2 is 1.76 bits per heavy atom. The van der Waals surface area contributed by atoms with Crippen molar-refractivity contribution in [1.82, 2.24) is 30.0 Å². The molecule has 0 radical (unpaired) electrons. The molecular weight excluding hydrogens is 716 g/mol. The summed E-state index contributed by atoms with van der Waals surface area (Å²) < 4.78 is 23.8. The third-order valence-electron chi connectivity index (χ3n) is 8.69. The number of oxazole rings is 1. The maximum atomic E-state index is 13.2. The minimum absolute atomic E-state index is 0.0479. The Balaban J connectivity index is 0.788. The van der Waals surface area contributed by atoms with Crippen molar-refractivity contribution in [1.29, 1.82) is 0 Å². The second-order valence-corrected chi connectivity index (χ2v) is 12.4. The predicted octanol–water partition coefficient (Wildman–Crippen LogP) is 2.16. The van der Waals surface area contributed by atoms with E-state index in [1.165, 1.54) is 42.2 Å². The second kappa shape index (κ2) is 16.1. The summed E-state index contributed by atoms with van der Waals surface area (Å²) in [4.78, 5) is 84.1. The third kappa shape index (κ3) is 8.09. The molecule has 2 aliphatic heterocycles. The van der Waals surface area contributed by atoms with E-state index >= 15 is 0 Å². The predicted molar refractivity (Wildman–Crippen MR) is 193 cm³/mol. The van der Waals surface area contributed by atoms with Gasteiger partial charge in [0.1, 0.15) is 35.3 Å². The molecule has 18 heteroatoms. The molecule has 2 aromatic carbocycles. The van der Waals surface area contributed by atoms with E-state index in [9.17, 15) is 28.8 Å². The molecule has 0 aliphatic carbocycles. The van der Waals surface area contributed by atoms with Gasteiger partial charge in [0.15, 0.2) is 5.58 Å². The zero-order chi connectivity index (χ0) is 38.5. The number of nitrogens with zero attached hydrogens (tertiary/aromatic N) is 5. The largest absolute Gasteiger partial charge is 0.490 e. The van der Waals surface area contributed by atoms with Crippen molar-refractivity contribution < 1.29 is 42.6 Å². The van der Waals surface area contributed by atoms with E-state index in [0.717, 1.165) is 4.90 Å². The molecule has 1 saturated heterocycles. The highest BCUT2D eigenvalue weighted by molar-refractivity contribution is 6.25. The van der Waals surface area contributed by atoms with Gasteiger partial charge in [-0.3, -0.25) is 39.0 Å². The number of aryl methyl sites for hydroxylation is 1. The molecule has 282 valence electrons. The van der Waals surface area contributed by atoms with Gasteiger partial charge < -0.3 is 29.3 Å². The molecule has 18 nitrogen and oxygen atoms in total. The van der Waals surface area contributed by atoms with Crippen LogP contribution in [0.3, 0.4) is 0 Å². The van der Waals surface area contributed by atoms with Crippen LogP contribution in [0.1, 0.15) is 44.0 Å². The Kier molecular flexibility index (Phi) is 10.7. The Labute approximate surface area is 311 Å². The number of hydrogen-bond acceptors (Lipinski definition) is 14. The monoisotopic (exact) mass is 750 g/mol. The second-order valence-electron chi connectivity index (χ2n) is 12.4. The average Bonchev–Trinajstić information content (AvgIpc) is 3.71. The molecule has 1 fully saturated rings. The molecule has 5 heterocycles. The van der Waals surface area contributed by atoms with Crippen LogP contribution in [0.4, 0.5) is 11.4 Å². The highest BCUT2D eigenvalue weighted by Gasteiger charge is 2.45. The maximum absolute atomic E-state index is 13.2. The van der Waals surface area contributed by atoms with Crippen molar-refractivity contribution in [3.63, 3.8) is 0 Å². The number of carbonyl (C=O) groups is 5. The minimum Gasteiger partial charge on any atom is -0.490 e. The van der Waals surface area contributed by atoms with Crippen LogP contribution in [0.2, 0.25) is 0 Å². The summed E-state index contributed by atoms with van der Waals surface area (Å²) >= 11 is 0. The fourth-order valence-corrected chi connectivity index (χ4v) is 5.99. The third-order valence-corrected chi connectivity index (χ3v) is 8.69. The topological polar surface area (TPSA) is 226 Å². The Bertz CT molecular complexity index is 2360. The number of fused-ring (bicyclic) bond motifs is 2. The van der Waals surface area contributed by atoms with Crippen molar-refractivity contribution in [2.24, 2.45) is 7.05 Å². The van der Waals surface area contributed by atoms with Crippen LogP contribution < -0.4 is 26.2 Å². The number of nitrogens with one attached hydrogen (secondary N) is 3. The number of aromatic nitrogens is 4. The highest BCUT2D eigenvalue weighted by atomic mass is 16.5. The van der Waals surface area contributed by atoms with Crippen LogP contribution in [0.25, 0.3) is 22.7 Å². The van der Waals surface area contributed by atoms with E-state index in [1.807, 2.05) is 0 Å². The van der Waals surface area contributed by atoms with Gasteiger partial charge >= 0.3 is 0 Å². The number of amides is 5. The van der Waals surface area contributed by atoms with Crippen molar-refractivity contribution in [3.05, 3.63) is 94.0 Å². The Morgan fingerprint density at radius 1 is 0.945 bits per heavy atom. The molecular formula is C37H34N8O10. The number of rotatable bonds is 15. The first-order valence-corrected chi connectivity index (χ1v) is 17.3. The Hall–Kier alpha value is -6.79.